The first-order chi connectivity index (χ1) is 12.9. The van der Waals surface area contributed by atoms with E-state index in [-0.39, 0.29) is 18.4 Å². The van der Waals surface area contributed by atoms with Crippen molar-refractivity contribution in [3.63, 3.8) is 0 Å². The third kappa shape index (κ3) is 3.89. The smallest absolute Gasteiger partial charge is 0.226 e. The predicted molar refractivity (Wildman–Crippen MR) is 103 cm³/mol. The van der Waals surface area contributed by atoms with Crippen LogP contribution in [0.3, 0.4) is 0 Å². The fourth-order valence-electron chi connectivity index (χ4n) is 3.02. The standard InChI is InChI=1S/C21H24N2O4/c1-12-8-16-17(23-27-19(16)9-13(12)2)11-21(24)22-14(3)15-6-7-18(25-4)20(10-15)26-5/h6-10,14H,11H2,1-5H3,(H,22,24). The van der Waals surface area contributed by atoms with E-state index in [1.165, 1.54) is 0 Å². The lowest BCUT2D eigenvalue weighted by atomic mass is 10.0. The van der Waals surface area contributed by atoms with Gasteiger partial charge in [-0.3, -0.25) is 4.79 Å². The van der Waals surface area contributed by atoms with Crippen LogP contribution in [0.2, 0.25) is 0 Å². The van der Waals surface area contributed by atoms with Gasteiger partial charge in [0.25, 0.3) is 0 Å². The lowest BCUT2D eigenvalue weighted by Gasteiger charge is -2.16. The van der Waals surface area contributed by atoms with Gasteiger partial charge < -0.3 is 19.3 Å². The third-order valence-corrected chi connectivity index (χ3v) is 4.77. The molecule has 1 N–H and O–H groups in total. The normalized spacial score (nSPS) is 12.0. The number of benzene rings is 2. The van der Waals surface area contributed by atoms with Gasteiger partial charge in [0.05, 0.1) is 26.7 Å². The molecule has 0 saturated carbocycles. The van der Waals surface area contributed by atoms with E-state index in [0.29, 0.717) is 22.8 Å². The van der Waals surface area contributed by atoms with Crippen molar-refractivity contribution in [1.29, 1.82) is 0 Å². The highest BCUT2D eigenvalue weighted by atomic mass is 16.5. The summed E-state index contributed by atoms with van der Waals surface area (Å²) >= 11 is 0. The SMILES string of the molecule is COc1ccc(C(C)NC(=O)Cc2noc3cc(C)c(C)cc23)cc1OC. The number of nitrogens with one attached hydrogen (secondary N) is 1. The van der Waals surface area contributed by atoms with Crippen LogP contribution >= 0.6 is 0 Å². The molecule has 0 radical (unpaired) electrons. The Morgan fingerprint density at radius 1 is 1.11 bits per heavy atom. The third-order valence-electron chi connectivity index (χ3n) is 4.77. The topological polar surface area (TPSA) is 73.6 Å². The van der Waals surface area contributed by atoms with Crippen molar-refractivity contribution in [3.05, 3.63) is 52.7 Å². The van der Waals surface area contributed by atoms with E-state index in [0.717, 1.165) is 22.1 Å². The maximum atomic E-state index is 12.5. The van der Waals surface area contributed by atoms with E-state index < -0.39 is 0 Å². The summed E-state index contributed by atoms with van der Waals surface area (Å²) in [7, 11) is 3.18. The first-order valence-electron chi connectivity index (χ1n) is 8.79. The summed E-state index contributed by atoms with van der Waals surface area (Å²) in [5, 5.41) is 7.95. The molecule has 3 aromatic rings. The predicted octanol–water partition coefficient (Wildman–Crippen LogP) is 3.88. The fraction of sp³-hybridized carbons (Fsp3) is 0.333. The molecule has 0 saturated heterocycles. The molecule has 6 heteroatoms. The number of ether oxygens (including phenoxy) is 2. The minimum Gasteiger partial charge on any atom is -0.493 e. The molecule has 1 unspecified atom stereocenters. The van der Waals surface area contributed by atoms with Crippen LogP contribution in [0.4, 0.5) is 0 Å². The molecular formula is C21H24N2O4. The Balaban J connectivity index is 1.73. The summed E-state index contributed by atoms with van der Waals surface area (Å²) in [4.78, 5) is 12.5. The zero-order valence-electron chi connectivity index (χ0n) is 16.3. The van der Waals surface area contributed by atoms with Gasteiger partial charge in [-0.25, -0.2) is 0 Å². The van der Waals surface area contributed by atoms with E-state index in [9.17, 15) is 4.79 Å². The Morgan fingerprint density at radius 3 is 2.52 bits per heavy atom. The quantitative estimate of drug-likeness (QED) is 0.715. The van der Waals surface area contributed by atoms with E-state index in [2.05, 4.69) is 10.5 Å². The molecule has 0 bridgehead atoms. The van der Waals surface area contributed by atoms with Gasteiger partial charge in [-0.15, -0.1) is 0 Å². The average molecular weight is 368 g/mol. The van der Waals surface area contributed by atoms with Gasteiger partial charge in [0, 0.05) is 5.39 Å². The molecule has 1 atom stereocenters. The molecule has 0 aliphatic rings. The number of amides is 1. The summed E-state index contributed by atoms with van der Waals surface area (Å²) < 4.78 is 15.9. The molecule has 3 rings (SSSR count). The van der Waals surface area contributed by atoms with Crippen LogP contribution in [0.5, 0.6) is 11.5 Å². The molecule has 0 spiro atoms. The van der Waals surface area contributed by atoms with Crippen molar-refractivity contribution in [2.24, 2.45) is 0 Å². The molecule has 1 aromatic heterocycles. The Morgan fingerprint density at radius 2 is 1.81 bits per heavy atom. The zero-order chi connectivity index (χ0) is 19.6. The average Bonchev–Trinajstić information content (AvgIpc) is 3.02. The highest BCUT2D eigenvalue weighted by Crippen LogP contribution is 2.30. The highest BCUT2D eigenvalue weighted by Gasteiger charge is 2.17. The molecule has 6 nitrogen and oxygen atoms in total. The van der Waals surface area contributed by atoms with Gasteiger partial charge in [0.2, 0.25) is 5.91 Å². The Hall–Kier alpha value is -3.02. The number of hydrogen-bond donors (Lipinski definition) is 1. The second kappa shape index (κ2) is 7.70. The van der Waals surface area contributed by atoms with Crippen LogP contribution in [0.25, 0.3) is 11.0 Å². The summed E-state index contributed by atoms with van der Waals surface area (Å²) in [6.45, 7) is 5.98. The number of carbonyl (C=O) groups is 1. The number of nitrogens with zero attached hydrogens (tertiary/aromatic N) is 1. The number of rotatable bonds is 6. The van der Waals surface area contributed by atoms with E-state index in [1.54, 1.807) is 14.2 Å². The number of aryl methyl sites for hydroxylation is 2. The van der Waals surface area contributed by atoms with Crippen LogP contribution in [0.1, 0.15) is 35.3 Å². The second-order valence-corrected chi connectivity index (χ2v) is 6.64. The summed E-state index contributed by atoms with van der Waals surface area (Å²) in [6, 6.07) is 9.38. The van der Waals surface area contributed by atoms with Crippen molar-refractivity contribution in [2.45, 2.75) is 33.2 Å². The van der Waals surface area contributed by atoms with E-state index >= 15 is 0 Å². The molecule has 1 heterocycles. The molecule has 2 aromatic carbocycles. The van der Waals surface area contributed by atoms with Gasteiger partial charge in [-0.1, -0.05) is 11.2 Å². The summed E-state index contributed by atoms with van der Waals surface area (Å²) in [6.07, 6.45) is 0.160. The van der Waals surface area contributed by atoms with Gasteiger partial charge in [-0.05, 0) is 61.7 Å². The maximum absolute atomic E-state index is 12.5. The lowest BCUT2D eigenvalue weighted by molar-refractivity contribution is -0.121. The molecule has 27 heavy (non-hydrogen) atoms. The number of methoxy groups -OCH3 is 2. The molecule has 0 fully saturated rings. The van der Waals surface area contributed by atoms with Crippen LogP contribution < -0.4 is 14.8 Å². The maximum Gasteiger partial charge on any atom is 0.226 e. The number of carbonyl (C=O) groups excluding carboxylic acids is 1. The largest absolute Gasteiger partial charge is 0.493 e. The first-order valence-corrected chi connectivity index (χ1v) is 8.79. The van der Waals surface area contributed by atoms with Crippen molar-refractivity contribution in [1.82, 2.24) is 10.5 Å². The molecule has 142 valence electrons. The Labute approximate surface area is 158 Å². The van der Waals surface area contributed by atoms with Crippen molar-refractivity contribution in [3.8, 4) is 11.5 Å². The molecular weight excluding hydrogens is 344 g/mol. The summed E-state index contributed by atoms with van der Waals surface area (Å²) in [5.41, 5.74) is 4.55. The number of fused-ring (bicyclic) bond motifs is 1. The van der Waals surface area contributed by atoms with Crippen molar-refractivity contribution < 1.29 is 18.8 Å². The number of hydrogen-bond acceptors (Lipinski definition) is 5. The van der Waals surface area contributed by atoms with Crippen molar-refractivity contribution in [2.75, 3.05) is 14.2 Å². The molecule has 1 amide bonds. The Bertz CT molecular complexity index is 978. The second-order valence-electron chi connectivity index (χ2n) is 6.64. The zero-order valence-corrected chi connectivity index (χ0v) is 16.3. The number of aromatic nitrogens is 1. The van der Waals surface area contributed by atoms with Gasteiger partial charge in [-0.2, -0.15) is 0 Å². The lowest BCUT2D eigenvalue weighted by Crippen LogP contribution is -2.28. The van der Waals surface area contributed by atoms with Crippen LogP contribution in [-0.2, 0) is 11.2 Å². The van der Waals surface area contributed by atoms with Crippen LogP contribution in [0, 0.1) is 13.8 Å². The van der Waals surface area contributed by atoms with Crippen LogP contribution in [-0.4, -0.2) is 25.3 Å². The molecule has 0 aliphatic carbocycles. The molecule has 0 aliphatic heterocycles. The first kappa shape index (κ1) is 18.8. The van der Waals surface area contributed by atoms with Crippen molar-refractivity contribution >= 4 is 16.9 Å². The van der Waals surface area contributed by atoms with E-state index in [1.807, 2.05) is 51.1 Å². The minimum atomic E-state index is -0.181. The highest BCUT2D eigenvalue weighted by molar-refractivity contribution is 5.87. The monoisotopic (exact) mass is 368 g/mol. The van der Waals surface area contributed by atoms with E-state index in [4.69, 9.17) is 14.0 Å². The minimum absolute atomic E-state index is 0.120. The Kier molecular flexibility index (Phi) is 5.35. The fourth-order valence-corrected chi connectivity index (χ4v) is 3.02. The van der Waals surface area contributed by atoms with Gasteiger partial charge in [0.15, 0.2) is 17.1 Å². The van der Waals surface area contributed by atoms with Gasteiger partial charge in [0.1, 0.15) is 5.69 Å². The van der Waals surface area contributed by atoms with Gasteiger partial charge >= 0.3 is 0 Å². The van der Waals surface area contributed by atoms with Crippen LogP contribution in [0.15, 0.2) is 34.9 Å². The summed E-state index contributed by atoms with van der Waals surface area (Å²) in [5.74, 6) is 1.16.